The van der Waals surface area contributed by atoms with Crippen molar-refractivity contribution in [1.82, 2.24) is 0 Å². The fourth-order valence-corrected chi connectivity index (χ4v) is 3.45. The second-order valence-corrected chi connectivity index (χ2v) is 5.89. The molecule has 1 heterocycles. The Morgan fingerprint density at radius 2 is 1.65 bits per heavy atom. The minimum atomic E-state index is -0.166. The molecule has 0 aliphatic carbocycles. The Morgan fingerprint density at radius 1 is 0.913 bits per heavy atom. The van der Waals surface area contributed by atoms with E-state index < -0.39 is 0 Å². The van der Waals surface area contributed by atoms with Gasteiger partial charge in [0, 0.05) is 5.56 Å². The lowest BCUT2D eigenvalue weighted by molar-refractivity contribution is -0.0380. The summed E-state index contributed by atoms with van der Waals surface area (Å²) >= 11 is 0. The van der Waals surface area contributed by atoms with Crippen LogP contribution in [0.15, 0.2) is 79.6 Å². The van der Waals surface area contributed by atoms with Crippen LogP contribution in [0.4, 0.5) is 0 Å². The van der Waals surface area contributed by atoms with Gasteiger partial charge in [-0.2, -0.15) is 0 Å². The van der Waals surface area contributed by atoms with Crippen molar-refractivity contribution in [2.45, 2.75) is 5.41 Å². The average molecular weight is 302 g/mol. The van der Waals surface area contributed by atoms with Crippen LogP contribution in [0, 0.1) is 0 Å². The molecule has 2 nitrogen and oxygen atoms in total. The largest absolute Gasteiger partial charge is 0.465 e. The van der Waals surface area contributed by atoms with Crippen molar-refractivity contribution in [2.24, 2.45) is 0 Å². The van der Waals surface area contributed by atoms with E-state index in [0.717, 1.165) is 5.75 Å². The van der Waals surface area contributed by atoms with E-state index in [0.29, 0.717) is 13.2 Å². The lowest BCUT2D eigenvalue weighted by Gasteiger charge is -2.43. The fourth-order valence-electron chi connectivity index (χ4n) is 3.45. The van der Waals surface area contributed by atoms with Crippen LogP contribution in [0.25, 0.3) is 10.8 Å². The lowest BCUT2D eigenvalue weighted by Crippen LogP contribution is -2.48. The molecule has 0 saturated carbocycles. The maximum absolute atomic E-state index is 5.76. The van der Waals surface area contributed by atoms with Crippen LogP contribution in [0.1, 0.15) is 11.1 Å². The SMILES string of the molecule is C=COc1ccc2ccccc2c1C1(c2ccccc2)COC1. The van der Waals surface area contributed by atoms with Gasteiger partial charge in [-0.05, 0) is 22.4 Å². The molecule has 114 valence electrons. The number of ether oxygens (including phenoxy) is 2. The monoisotopic (exact) mass is 302 g/mol. The number of fused-ring (bicyclic) bond motifs is 1. The number of benzene rings is 3. The number of rotatable bonds is 4. The van der Waals surface area contributed by atoms with Crippen LogP contribution in [-0.4, -0.2) is 13.2 Å². The molecule has 0 N–H and O–H groups in total. The fraction of sp³-hybridized carbons (Fsp3) is 0.143. The Labute approximate surface area is 136 Å². The topological polar surface area (TPSA) is 18.5 Å². The normalized spacial score (nSPS) is 15.8. The molecule has 0 spiro atoms. The van der Waals surface area contributed by atoms with E-state index in [2.05, 4.69) is 61.2 Å². The van der Waals surface area contributed by atoms with Crippen molar-refractivity contribution >= 4 is 10.8 Å². The summed E-state index contributed by atoms with van der Waals surface area (Å²) in [5, 5.41) is 2.42. The van der Waals surface area contributed by atoms with Crippen molar-refractivity contribution in [3.8, 4) is 5.75 Å². The van der Waals surface area contributed by atoms with Gasteiger partial charge in [-0.15, -0.1) is 0 Å². The Hall–Kier alpha value is -2.58. The molecule has 2 heteroatoms. The van der Waals surface area contributed by atoms with Gasteiger partial charge in [-0.3, -0.25) is 0 Å². The van der Waals surface area contributed by atoms with Gasteiger partial charge in [-0.1, -0.05) is 67.2 Å². The smallest absolute Gasteiger partial charge is 0.131 e. The van der Waals surface area contributed by atoms with Crippen LogP contribution in [0.5, 0.6) is 5.75 Å². The van der Waals surface area contributed by atoms with E-state index in [9.17, 15) is 0 Å². The molecule has 0 bridgehead atoms. The summed E-state index contributed by atoms with van der Waals surface area (Å²) in [6.45, 7) is 5.05. The van der Waals surface area contributed by atoms with E-state index in [1.807, 2.05) is 12.1 Å². The maximum atomic E-state index is 5.76. The van der Waals surface area contributed by atoms with E-state index >= 15 is 0 Å². The quantitative estimate of drug-likeness (QED) is 0.652. The zero-order valence-electron chi connectivity index (χ0n) is 12.9. The van der Waals surface area contributed by atoms with Gasteiger partial charge < -0.3 is 9.47 Å². The van der Waals surface area contributed by atoms with Gasteiger partial charge in [0.1, 0.15) is 5.75 Å². The number of hydrogen-bond donors (Lipinski definition) is 0. The highest BCUT2D eigenvalue weighted by Gasteiger charge is 2.45. The van der Waals surface area contributed by atoms with E-state index in [1.165, 1.54) is 28.2 Å². The third kappa shape index (κ3) is 2.14. The first kappa shape index (κ1) is 14.0. The van der Waals surface area contributed by atoms with Gasteiger partial charge >= 0.3 is 0 Å². The molecule has 0 radical (unpaired) electrons. The molecule has 0 aromatic heterocycles. The summed E-state index contributed by atoms with van der Waals surface area (Å²) in [6, 6.07) is 23.1. The van der Waals surface area contributed by atoms with Gasteiger partial charge in [0.05, 0.1) is 24.9 Å². The lowest BCUT2D eigenvalue weighted by atomic mass is 9.71. The van der Waals surface area contributed by atoms with Crippen LogP contribution < -0.4 is 4.74 Å². The summed E-state index contributed by atoms with van der Waals surface area (Å²) in [6.07, 6.45) is 1.49. The van der Waals surface area contributed by atoms with Crippen molar-refractivity contribution in [1.29, 1.82) is 0 Å². The first-order chi connectivity index (χ1) is 11.3. The molecule has 4 rings (SSSR count). The second-order valence-electron chi connectivity index (χ2n) is 5.89. The molecular formula is C21H18O2. The average Bonchev–Trinajstić information content (AvgIpc) is 2.57. The summed E-state index contributed by atoms with van der Waals surface area (Å²) in [7, 11) is 0. The summed E-state index contributed by atoms with van der Waals surface area (Å²) in [5.41, 5.74) is 2.28. The van der Waals surface area contributed by atoms with Crippen LogP contribution in [-0.2, 0) is 10.2 Å². The van der Waals surface area contributed by atoms with Crippen LogP contribution >= 0.6 is 0 Å². The summed E-state index contributed by atoms with van der Waals surface area (Å²) < 4.78 is 11.4. The third-order valence-corrected chi connectivity index (χ3v) is 4.60. The molecule has 1 saturated heterocycles. The zero-order chi connectivity index (χ0) is 15.7. The first-order valence-electron chi connectivity index (χ1n) is 7.78. The molecule has 23 heavy (non-hydrogen) atoms. The molecule has 3 aromatic rings. The molecule has 0 atom stereocenters. The maximum Gasteiger partial charge on any atom is 0.131 e. The molecule has 1 aliphatic heterocycles. The molecular weight excluding hydrogens is 284 g/mol. The van der Waals surface area contributed by atoms with E-state index in [1.54, 1.807) is 0 Å². The standard InChI is InChI=1S/C21H18O2/c1-2-23-19-13-12-16-8-6-7-11-18(16)20(19)21(14-22-15-21)17-9-4-3-5-10-17/h2-13H,1,14-15H2. The summed E-state index contributed by atoms with van der Waals surface area (Å²) in [4.78, 5) is 0. The highest BCUT2D eigenvalue weighted by Crippen LogP contribution is 2.46. The van der Waals surface area contributed by atoms with Crippen LogP contribution in [0.3, 0.4) is 0 Å². The molecule has 1 aliphatic rings. The van der Waals surface area contributed by atoms with Gasteiger partial charge in [0.25, 0.3) is 0 Å². The van der Waals surface area contributed by atoms with Crippen molar-refractivity contribution in [2.75, 3.05) is 13.2 Å². The molecule has 3 aromatic carbocycles. The highest BCUT2D eigenvalue weighted by molar-refractivity contribution is 5.89. The summed E-state index contributed by atoms with van der Waals surface area (Å²) in [5.74, 6) is 0.853. The molecule has 0 amide bonds. The van der Waals surface area contributed by atoms with Crippen LogP contribution in [0.2, 0.25) is 0 Å². The molecule has 0 unspecified atom stereocenters. The Kier molecular flexibility index (Phi) is 3.40. The third-order valence-electron chi connectivity index (χ3n) is 4.60. The Bertz CT molecular complexity index is 848. The van der Waals surface area contributed by atoms with Crippen molar-refractivity contribution < 1.29 is 9.47 Å². The minimum Gasteiger partial charge on any atom is -0.465 e. The Balaban J connectivity index is 2.02. The molecule has 1 fully saturated rings. The Morgan fingerprint density at radius 3 is 2.35 bits per heavy atom. The number of hydrogen-bond acceptors (Lipinski definition) is 2. The van der Waals surface area contributed by atoms with Gasteiger partial charge in [-0.25, -0.2) is 0 Å². The minimum absolute atomic E-state index is 0.166. The zero-order valence-corrected chi connectivity index (χ0v) is 12.9. The predicted octanol–water partition coefficient (Wildman–Crippen LogP) is 4.68. The first-order valence-corrected chi connectivity index (χ1v) is 7.78. The van der Waals surface area contributed by atoms with Gasteiger partial charge in [0.2, 0.25) is 0 Å². The highest BCUT2D eigenvalue weighted by atomic mass is 16.5. The van der Waals surface area contributed by atoms with Gasteiger partial charge in [0.15, 0.2) is 0 Å². The predicted molar refractivity (Wildman–Crippen MR) is 92.8 cm³/mol. The van der Waals surface area contributed by atoms with E-state index in [4.69, 9.17) is 9.47 Å². The van der Waals surface area contributed by atoms with Crippen molar-refractivity contribution in [3.63, 3.8) is 0 Å². The van der Waals surface area contributed by atoms with E-state index in [-0.39, 0.29) is 5.41 Å². The second kappa shape index (κ2) is 5.56. The van der Waals surface area contributed by atoms with Crippen molar-refractivity contribution in [3.05, 3.63) is 90.7 Å².